The number of nitrogens with zero attached hydrogens (tertiary/aromatic N) is 1. The van der Waals surface area contributed by atoms with Gasteiger partial charge in [-0.05, 0) is 149 Å². The highest BCUT2D eigenvalue weighted by Gasteiger charge is 2.38. The van der Waals surface area contributed by atoms with Crippen LogP contribution in [0.2, 0.25) is 0 Å². The van der Waals surface area contributed by atoms with Crippen molar-refractivity contribution in [2.75, 3.05) is 4.90 Å². The normalized spacial score (nSPS) is 14.2. The Morgan fingerprint density at radius 3 is 1.09 bits per heavy atom. The molecule has 0 aromatic heterocycles. The van der Waals surface area contributed by atoms with Crippen LogP contribution >= 0.6 is 0 Å². The summed E-state index contributed by atoms with van der Waals surface area (Å²) < 4.78 is 0. The van der Waals surface area contributed by atoms with E-state index >= 15 is 0 Å². The fraction of sp³-hybridized carbons (Fsp3) is 0.107. The van der Waals surface area contributed by atoms with Gasteiger partial charge >= 0.3 is 0 Å². The zero-order valence-electron chi connectivity index (χ0n) is 32.8. The molecule has 272 valence electrons. The minimum absolute atomic E-state index is 0.166. The fourth-order valence-corrected chi connectivity index (χ4v) is 9.85. The molecule has 11 rings (SSSR count). The zero-order valence-corrected chi connectivity index (χ0v) is 32.8. The van der Waals surface area contributed by atoms with E-state index in [0.717, 1.165) is 5.69 Å². The second-order valence-corrected chi connectivity index (χ2v) is 17.0. The largest absolute Gasteiger partial charge is 0.310 e. The topological polar surface area (TPSA) is 3.24 Å². The molecule has 1 heteroatoms. The van der Waals surface area contributed by atoms with E-state index < -0.39 is 0 Å². The van der Waals surface area contributed by atoms with E-state index in [2.05, 4.69) is 221 Å². The van der Waals surface area contributed by atoms with Gasteiger partial charge in [0.15, 0.2) is 0 Å². The Hall–Kier alpha value is -6.70. The first-order valence-corrected chi connectivity index (χ1v) is 20.2. The van der Waals surface area contributed by atoms with Crippen LogP contribution in [0.3, 0.4) is 0 Å². The third-order valence-corrected chi connectivity index (χ3v) is 13.0. The van der Waals surface area contributed by atoms with Crippen molar-refractivity contribution in [3.8, 4) is 44.5 Å². The molecular weight excluding hydrogens is 687 g/mol. The van der Waals surface area contributed by atoms with Gasteiger partial charge in [-0.1, -0.05) is 155 Å². The second kappa shape index (κ2) is 12.4. The second-order valence-electron chi connectivity index (χ2n) is 17.0. The van der Waals surface area contributed by atoms with Gasteiger partial charge in [-0.15, -0.1) is 0 Å². The molecule has 2 aliphatic rings. The summed E-state index contributed by atoms with van der Waals surface area (Å²) in [5, 5.41) is 5.09. The molecular formula is C56H43N. The van der Waals surface area contributed by atoms with Gasteiger partial charge in [0, 0.05) is 27.9 Å². The summed E-state index contributed by atoms with van der Waals surface area (Å²) in [4.78, 5) is 2.44. The molecule has 57 heavy (non-hydrogen) atoms. The third-order valence-electron chi connectivity index (χ3n) is 13.0. The summed E-state index contributed by atoms with van der Waals surface area (Å²) in [6, 6.07) is 70.1. The number of benzene rings is 9. The molecule has 9 aromatic carbocycles. The number of para-hydroxylation sites is 1. The van der Waals surface area contributed by atoms with Crippen LogP contribution in [0.4, 0.5) is 17.1 Å². The van der Waals surface area contributed by atoms with Crippen LogP contribution in [-0.2, 0) is 10.8 Å². The van der Waals surface area contributed by atoms with E-state index in [0.29, 0.717) is 0 Å². The molecule has 9 aromatic rings. The third kappa shape index (κ3) is 5.22. The highest BCUT2D eigenvalue weighted by Crippen LogP contribution is 2.54. The van der Waals surface area contributed by atoms with Crippen LogP contribution < -0.4 is 4.90 Å². The van der Waals surface area contributed by atoms with Crippen LogP contribution in [0.5, 0.6) is 0 Å². The first-order chi connectivity index (χ1) is 27.7. The molecule has 0 aliphatic heterocycles. The smallest absolute Gasteiger partial charge is 0.0465 e. The van der Waals surface area contributed by atoms with Crippen molar-refractivity contribution in [2.24, 2.45) is 0 Å². The molecule has 0 unspecified atom stereocenters. The first kappa shape index (κ1) is 33.6. The van der Waals surface area contributed by atoms with Crippen LogP contribution in [0.15, 0.2) is 188 Å². The van der Waals surface area contributed by atoms with E-state index in [1.165, 1.54) is 99.7 Å². The lowest BCUT2D eigenvalue weighted by atomic mass is 9.81. The molecule has 0 heterocycles. The molecule has 0 N–H and O–H groups in total. The number of anilines is 3. The van der Waals surface area contributed by atoms with Crippen LogP contribution in [0.1, 0.15) is 49.9 Å². The maximum atomic E-state index is 2.45. The SMILES string of the molecule is CC1(C)c2cc(-c3ccc4ccccc4c3)ccc2-c2ccc(N(c3ccccc3)c3ccc4c(c3)C(C)(C)c3cc(-c5ccc6ccccc6c5)ccc3-4)cc21. The molecule has 0 spiro atoms. The molecule has 0 saturated carbocycles. The minimum Gasteiger partial charge on any atom is -0.310 e. The summed E-state index contributed by atoms with van der Waals surface area (Å²) in [5.41, 5.74) is 19.0. The van der Waals surface area contributed by atoms with Crippen LogP contribution in [-0.4, -0.2) is 0 Å². The predicted octanol–water partition coefficient (Wildman–Crippen LogP) is 15.4. The lowest BCUT2D eigenvalue weighted by Gasteiger charge is -2.29. The van der Waals surface area contributed by atoms with Gasteiger partial charge in [0.2, 0.25) is 0 Å². The summed E-state index contributed by atoms with van der Waals surface area (Å²) in [6.07, 6.45) is 0. The van der Waals surface area contributed by atoms with Gasteiger partial charge in [0.25, 0.3) is 0 Å². The van der Waals surface area contributed by atoms with Gasteiger partial charge in [-0.2, -0.15) is 0 Å². The minimum atomic E-state index is -0.166. The lowest BCUT2D eigenvalue weighted by molar-refractivity contribution is 0.660. The van der Waals surface area contributed by atoms with Crippen LogP contribution in [0.25, 0.3) is 66.1 Å². The lowest BCUT2D eigenvalue weighted by Crippen LogP contribution is -2.18. The van der Waals surface area contributed by atoms with Gasteiger partial charge in [-0.25, -0.2) is 0 Å². The van der Waals surface area contributed by atoms with Crippen molar-refractivity contribution >= 4 is 38.6 Å². The van der Waals surface area contributed by atoms with E-state index in [-0.39, 0.29) is 10.8 Å². The average Bonchev–Trinajstić information content (AvgIpc) is 3.62. The van der Waals surface area contributed by atoms with Crippen molar-refractivity contribution in [3.63, 3.8) is 0 Å². The number of rotatable bonds is 5. The zero-order chi connectivity index (χ0) is 38.5. The Kier molecular flexibility index (Phi) is 7.32. The van der Waals surface area contributed by atoms with E-state index in [9.17, 15) is 0 Å². The van der Waals surface area contributed by atoms with Gasteiger partial charge in [0.1, 0.15) is 0 Å². The quantitative estimate of drug-likeness (QED) is 0.170. The van der Waals surface area contributed by atoms with Gasteiger partial charge in [0.05, 0.1) is 0 Å². The van der Waals surface area contributed by atoms with E-state index in [4.69, 9.17) is 0 Å². The fourth-order valence-electron chi connectivity index (χ4n) is 9.85. The Morgan fingerprint density at radius 1 is 0.281 bits per heavy atom. The monoisotopic (exact) mass is 729 g/mol. The molecule has 0 saturated heterocycles. The van der Waals surface area contributed by atoms with Crippen molar-refractivity contribution in [2.45, 2.75) is 38.5 Å². The predicted molar refractivity (Wildman–Crippen MR) is 242 cm³/mol. The molecule has 0 bridgehead atoms. The summed E-state index contributed by atoms with van der Waals surface area (Å²) in [5.74, 6) is 0. The highest BCUT2D eigenvalue weighted by atomic mass is 15.1. The molecule has 0 amide bonds. The molecule has 0 atom stereocenters. The van der Waals surface area contributed by atoms with E-state index in [1.807, 2.05) is 0 Å². The molecule has 2 aliphatic carbocycles. The molecule has 1 nitrogen and oxygen atoms in total. The van der Waals surface area contributed by atoms with Crippen molar-refractivity contribution in [1.82, 2.24) is 0 Å². The summed E-state index contributed by atoms with van der Waals surface area (Å²) in [6.45, 7) is 9.55. The van der Waals surface area contributed by atoms with E-state index in [1.54, 1.807) is 0 Å². The molecule has 0 fully saturated rings. The number of hydrogen-bond acceptors (Lipinski definition) is 1. The van der Waals surface area contributed by atoms with Gasteiger partial charge < -0.3 is 4.90 Å². The maximum Gasteiger partial charge on any atom is 0.0465 e. The van der Waals surface area contributed by atoms with Gasteiger partial charge in [-0.3, -0.25) is 0 Å². The van der Waals surface area contributed by atoms with Crippen LogP contribution in [0, 0.1) is 0 Å². The molecule has 0 radical (unpaired) electrons. The number of hydrogen-bond donors (Lipinski definition) is 0. The number of fused-ring (bicyclic) bond motifs is 8. The Bertz CT molecular complexity index is 2880. The Balaban J connectivity index is 0.978. The maximum absolute atomic E-state index is 2.45. The average molecular weight is 730 g/mol. The Morgan fingerprint density at radius 2 is 0.632 bits per heavy atom. The van der Waals surface area contributed by atoms with Crippen molar-refractivity contribution < 1.29 is 0 Å². The summed E-state index contributed by atoms with van der Waals surface area (Å²) in [7, 11) is 0. The highest BCUT2D eigenvalue weighted by molar-refractivity contribution is 5.93. The summed E-state index contributed by atoms with van der Waals surface area (Å²) >= 11 is 0. The van der Waals surface area contributed by atoms with Crippen molar-refractivity contribution in [3.05, 3.63) is 210 Å². The first-order valence-electron chi connectivity index (χ1n) is 20.2. The Labute approximate surface area is 335 Å². The van der Waals surface area contributed by atoms with Crippen molar-refractivity contribution in [1.29, 1.82) is 0 Å². The standard InChI is InChI=1S/C56H43N/c1-55(2)51-32-42(40-20-18-36-12-8-10-14-38(36)30-40)22-26-47(51)49-28-24-45(34-53(49)55)57(44-16-6-5-7-17-44)46-25-29-50-48-27-23-43(33-52(48)56(3,4)54(50)35-46)41-21-19-37-13-9-11-15-39(37)31-41/h5-35H,1-4H3.